The molecule has 6 heteroatoms. The summed E-state index contributed by atoms with van der Waals surface area (Å²) in [5.74, 6) is -1.01. The van der Waals surface area contributed by atoms with Crippen molar-refractivity contribution >= 4 is 23.8 Å². The third kappa shape index (κ3) is 5.27. The van der Waals surface area contributed by atoms with Crippen LogP contribution < -0.4 is 10.6 Å². The standard InChI is InChI=1S/C15H18N2O4/c18-14(19)5-4-11-2-1-3-13(10-11)17-15(20)16-12-6-8-21-9-7-12/h1-5,10,12H,6-9H2,(H,18,19)(H2,16,17,20)/b5-4+. The third-order valence-corrected chi connectivity index (χ3v) is 3.12. The first kappa shape index (κ1) is 15.1. The molecule has 1 aromatic rings. The zero-order chi connectivity index (χ0) is 15.1. The summed E-state index contributed by atoms with van der Waals surface area (Å²) in [5.41, 5.74) is 1.33. The molecule has 0 atom stereocenters. The van der Waals surface area contributed by atoms with Gasteiger partial charge in [-0.25, -0.2) is 9.59 Å². The number of aliphatic carboxylic acids is 1. The molecule has 1 heterocycles. The first-order valence-corrected chi connectivity index (χ1v) is 6.80. The summed E-state index contributed by atoms with van der Waals surface area (Å²) in [6.45, 7) is 1.33. The van der Waals surface area contributed by atoms with E-state index in [1.807, 2.05) is 0 Å². The van der Waals surface area contributed by atoms with Crippen molar-refractivity contribution in [3.8, 4) is 0 Å². The molecule has 0 aromatic heterocycles. The largest absolute Gasteiger partial charge is 0.478 e. The van der Waals surface area contributed by atoms with E-state index >= 15 is 0 Å². The minimum absolute atomic E-state index is 0.133. The number of amides is 2. The van der Waals surface area contributed by atoms with E-state index in [0.717, 1.165) is 18.9 Å². The molecule has 1 saturated heterocycles. The number of ether oxygens (including phenoxy) is 1. The second-order valence-corrected chi connectivity index (χ2v) is 4.78. The van der Waals surface area contributed by atoms with Gasteiger partial charge in [-0.15, -0.1) is 0 Å². The third-order valence-electron chi connectivity index (χ3n) is 3.12. The van der Waals surface area contributed by atoms with Gasteiger partial charge in [0.25, 0.3) is 0 Å². The fourth-order valence-corrected chi connectivity index (χ4v) is 2.08. The zero-order valence-corrected chi connectivity index (χ0v) is 11.5. The van der Waals surface area contributed by atoms with E-state index in [9.17, 15) is 9.59 Å². The van der Waals surface area contributed by atoms with E-state index < -0.39 is 5.97 Å². The summed E-state index contributed by atoms with van der Waals surface area (Å²) < 4.78 is 5.23. The summed E-state index contributed by atoms with van der Waals surface area (Å²) in [6, 6.07) is 6.85. The Morgan fingerprint density at radius 2 is 2.05 bits per heavy atom. The van der Waals surface area contributed by atoms with Crippen molar-refractivity contribution in [2.24, 2.45) is 0 Å². The lowest BCUT2D eigenvalue weighted by Crippen LogP contribution is -2.41. The van der Waals surface area contributed by atoms with Crippen molar-refractivity contribution in [3.05, 3.63) is 35.9 Å². The highest BCUT2D eigenvalue weighted by molar-refractivity contribution is 5.90. The number of benzene rings is 1. The number of carbonyl (C=O) groups is 2. The average molecular weight is 290 g/mol. The van der Waals surface area contributed by atoms with Crippen LogP contribution in [-0.2, 0) is 9.53 Å². The number of urea groups is 1. The molecule has 1 aromatic carbocycles. The Bertz CT molecular complexity index is 536. The van der Waals surface area contributed by atoms with Crippen LogP contribution in [0, 0.1) is 0 Å². The SMILES string of the molecule is O=C(O)/C=C/c1cccc(NC(=O)NC2CCOCC2)c1. The van der Waals surface area contributed by atoms with Gasteiger partial charge in [-0.3, -0.25) is 0 Å². The van der Waals surface area contributed by atoms with Crippen LogP contribution in [-0.4, -0.2) is 36.4 Å². The van der Waals surface area contributed by atoms with E-state index in [2.05, 4.69) is 10.6 Å². The first-order chi connectivity index (χ1) is 10.1. The van der Waals surface area contributed by atoms with Gasteiger partial charge < -0.3 is 20.5 Å². The number of carboxylic acid groups (broad SMARTS) is 1. The topological polar surface area (TPSA) is 87.7 Å². The monoisotopic (exact) mass is 290 g/mol. The molecular weight excluding hydrogens is 272 g/mol. The smallest absolute Gasteiger partial charge is 0.328 e. The molecule has 2 rings (SSSR count). The van der Waals surface area contributed by atoms with Crippen LogP contribution in [0.4, 0.5) is 10.5 Å². The maximum atomic E-state index is 11.9. The minimum atomic E-state index is -1.01. The summed E-state index contributed by atoms with van der Waals surface area (Å²) in [4.78, 5) is 22.4. The van der Waals surface area contributed by atoms with Gasteiger partial charge in [0.2, 0.25) is 0 Å². The van der Waals surface area contributed by atoms with Gasteiger partial charge >= 0.3 is 12.0 Å². The van der Waals surface area contributed by atoms with Crippen LogP contribution in [0.3, 0.4) is 0 Å². The normalized spacial score (nSPS) is 15.8. The van der Waals surface area contributed by atoms with Crippen molar-refractivity contribution in [1.29, 1.82) is 0 Å². The number of hydrogen-bond donors (Lipinski definition) is 3. The van der Waals surface area contributed by atoms with Crippen LogP contribution >= 0.6 is 0 Å². The maximum absolute atomic E-state index is 11.9. The quantitative estimate of drug-likeness (QED) is 0.741. The lowest BCUT2D eigenvalue weighted by Gasteiger charge is -2.23. The lowest BCUT2D eigenvalue weighted by molar-refractivity contribution is -0.131. The van der Waals surface area contributed by atoms with Crippen LogP contribution in [0.15, 0.2) is 30.3 Å². The van der Waals surface area contributed by atoms with Gasteiger partial charge in [-0.1, -0.05) is 12.1 Å². The number of rotatable bonds is 4. The molecule has 1 aliphatic heterocycles. The molecule has 3 N–H and O–H groups in total. The van der Waals surface area contributed by atoms with Crippen LogP contribution in [0.25, 0.3) is 6.08 Å². The lowest BCUT2D eigenvalue weighted by atomic mass is 10.1. The summed E-state index contributed by atoms with van der Waals surface area (Å²) in [7, 11) is 0. The van der Waals surface area contributed by atoms with Gasteiger partial charge in [-0.05, 0) is 36.6 Å². The molecule has 0 spiro atoms. The van der Waals surface area contributed by atoms with E-state index in [4.69, 9.17) is 9.84 Å². The Morgan fingerprint density at radius 3 is 2.76 bits per heavy atom. The van der Waals surface area contributed by atoms with Crippen LogP contribution in [0.2, 0.25) is 0 Å². The second kappa shape index (κ2) is 7.44. The molecule has 0 aliphatic carbocycles. The van der Waals surface area contributed by atoms with Crippen molar-refractivity contribution in [3.63, 3.8) is 0 Å². The Kier molecular flexibility index (Phi) is 5.34. The minimum Gasteiger partial charge on any atom is -0.478 e. The number of anilines is 1. The van der Waals surface area contributed by atoms with Crippen molar-refractivity contribution in [1.82, 2.24) is 5.32 Å². The number of carboxylic acids is 1. The Hall–Kier alpha value is -2.34. The molecule has 0 unspecified atom stereocenters. The van der Waals surface area contributed by atoms with E-state index in [1.54, 1.807) is 24.3 Å². The second-order valence-electron chi connectivity index (χ2n) is 4.78. The molecule has 112 valence electrons. The first-order valence-electron chi connectivity index (χ1n) is 6.80. The maximum Gasteiger partial charge on any atom is 0.328 e. The average Bonchev–Trinajstić information content (AvgIpc) is 2.46. The van der Waals surface area contributed by atoms with Gasteiger partial charge in [0, 0.05) is 31.0 Å². The highest BCUT2D eigenvalue weighted by Gasteiger charge is 2.15. The van der Waals surface area contributed by atoms with E-state index in [1.165, 1.54) is 6.08 Å². The van der Waals surface area contributed by atoms with Gasteiger partial charge in [0.05, 0.1) is 0 Å². The number of hydrogen-bond acceptors (Lipinski definition) is 3. The highest BCUT2D eigenvalue weighted by atomic mass is 16.5. The van der Waals surface area contributed by atoms with Gasteiger partial charge in [0.15, 0.2) is 0 Å². The van der Waals surface area contributed by atoms with E-state index in [-0.39, 0.29) is 12.1 Å². The summed E-state index contributed by atoms with van der Waals surface area (Å²) >= 11 is 0. The highest BCUT2D eigenvalue weighted by Crippen LogP contribution is 2.12. The Labute approximate surface area is 122 Å². The molecule has 2 amide bonds. The molecular formula is C15H18N2O4. The van der Waals surface area contributed by atoms with Crippen molar-refractivity contribution < 1.29 is 19.4 Å². The van der Waals surface area contributed by atoms with Gasteiger partial charge in [-0.2, -0.15) is 0 Å². The fourth-order valence-electron chi connectivity index (χ4n) is 2.08. The molecule has 0 radical (unpaired) electrons. The Balaban J connectivity index is 1.90. The predicted octanol–water partition coefficient (Wildman–Crippen LogP) is 2.08. The number of carbonyl (C=O) groups excluding carboxylic acids is 1. The zero-order valence-electron chi connectivity index (χ0n) is 11.5. The molecule has 1 aliphatic rings. The van der Waals surface area contributed by atoms with Gasteiger partial charge in [0.1, 0.15) is 0 Å². The summed E-state index contributed by atoms with van der Waals surface area (Å²) in [5, 5.41) is 14.2. The van der Waals surface area contributed by atoms with E-state index in [0.29, 0.717) is 24.5 Å². The van der Waals surface area contributed by atoms with Crippen LogP contribution in [0.5, 0.6) is 0 Å². The Morgan fingerprint density at radius 1 is 1.29 bits per heavy atom. The fraction of sp³-hybridized carbons (Fsp3) is 0.333. The molecule has 1 fully saturated rings. The molecule has 21 heavy (non-hydrogen) atoms. The van der Waals surface area contributed by atoms with Crippen molar-refractivity contribution in [2.75, 3.05) is 18.5 Å². The molecule has 0 saturated carbocycles. The van der Waals surface area contributed by atoms with Crippen molar-refractivity contribution in [2.45, 2.75) is 18.9 Å². The van der Waals surface area contributed by atoms with Crippen LogP contribution in [0.1, 0.15) is 18.4 Å². The predicted molar refractivity (Wildman–Crippen MR) is 79.1 cm³/mol. The molecule has 0 bridgehead atoms. The molecule has 6 nitrogen and oxygen atoms in total. The summed E-state index contributed by atoms with van der Waals surface area (Å²) in [6.07, 6.45) is 4.16. The number of nitrogens with one attached hydrogen (secondary N) is 2.